The molecule has 9 heteroatoms. The second-order valence-electron chi connectivity index (χ2n) is 9.37. The number of nitrogens with one attached hydrogen (secondary N) is 1. The first-order valence-electron chi connectivity index (χ1n) is 12.0. The van der Waals surface area contributed by atoms with Crippen molar-refractivity contribution in [2.75, 3.05) is 36.4 Å². The van der Waals surface area contributed by atoms with Crippen LogP contribution in [0.2, 0.25) is 5.02 Å². The lowest BCUT2D eigenvalue weighted by Gasteiger charge is -2.33. The van der Waals surface area contributed by atoms with Gasteiger partial charge in [0, 0.05) is 42.3 Å². The third-order valence-corrected chi connectivity index (χ3v) is 9.05. The van der Waals surface area contributed by atoms with Gasteiger partial charge in [-0.3, -0.25) is 4.79 Å². The maximum Gasteiger partial charge on any atom is 0.243 e. The Bertz CT molecular complexity index is 1370. The number of piperidine rings is 1. The summed E-state index contributed by atoms with van der Waals surface area (Å²) in [6.07, 6.45) is 3.52. The SMILES string of the molecule is Cc1ccc(Cl)cc1NC(=O)C1CCCN(c2ccc3cc(S(=O)(=O)N4CCCC4)ccc3n2)C1. The van der Waals surface area contributed by atoms with E-state index in [-0.39, 0.29) is 11.8 Å². The first-order valence-corrected chi connectivity index (χ1v) is 13.9. The van der Waals surface area contributed by atoms with Crippen molar-refractivity contribution in [2.45, 2.75) is 37.5 Å². The van der Waals surface area contributed by atoms with Gasteiger partial charge in [0.2, 0.25) is 15.9 Å². The fourth-order valence-corrected chi connectivity index (χ4v) is 6.60. The Hall–Kier alpha value is -2.68. The summed E-state index contributed by atoms with van der Waals surface area (Å²) in [7, 11) is -3.47. The number of sulfonamides is 1. The summed E-state index contributed by atoms with van der Waals surface area (Å²) in [4.78, 5) is 20.2. The van der Waals surface area contributed by atoms with Crippen LogP contribution in [0.15, 0.2) is 53.4 Å². The molecule has 0 bridgehead atoms. The van der Waals surface area contributed by atoms with Gasteiger partial charge in [0.15, 0.2) is 0 Å². The summed E-state index contributed by atoms with van der Waals surface area (Å²) in [6.45, 7) is 4.50. The minimum atomic E-state index is -3.47. The van der Waals surface area contributed by atoms with E-state index in [1.54, 1.807) is 28.6 Å². The van der Waals surface area contributed by atoms with Crippen LogP contribution in [0.25, 0.3) is 10.9 Å². The van der Waals surface area contributed by atoms with Crippen LogP contribution in [0.5, 0.6) is 0 Å². The fourth-order valence-electron chi connectivity index (χ4n) is 4.87. The molecule has 0 radical (unpaired) electrons. The molecule has 1 amide bonds. The topological polar surface area (TPSA) is 82.6 Å². The standard InChI is InChI=1S/C26H29ClN4O3S/c1-18-6-8-21(27)16-24(18)29-26(32)20-5-4-12-30(17-20)25-11-7-19-15-22(9-10-23(19)28-25)35(33,34)31-13-2-3-14-31/h6-11,15-16,20H,2-5,12-14,17H2,1H3,(H,29,32). The molecule has 184 valence electrons. The minimum absolute atomic E-state index is 0.0161. The minimum Gasteiger partial charge on any atom is -0.356 e. The van der Waals surface area contributed by atoms with Crippen molar-refractivity contribution in [3.05, 3.63) is 59.1 Å². The van der Waals surface area contributed by atoms with Gasteiger partial charge in [0.05, 0.1) is 16.3 Å². The highest BCUT2D eigenvalue weighted by molar-refractivity contribution is 7.89. The maximum atomic E-state index is 13.0. The normalized spacial score (nSPS) is 19.3. The van der Waals surface area contributed by atoms with Crippen molar-refractivity contribution < 1.29 is 13.2 Å². The van der Waals surface area contributed by atoms with Gasteiger partial charge in [-0.25, -0.2) is 13.4 Å². The van der Waals surface area contributed by atoms with Crippen LogP contribution in [0.3, 0.4) is 0 Å². The van der Waals surface area contributed by atoms with E-state index in [1.165, 1.54) is 0 Å². The first-order chi connectivity index (χ1) is 16.8. The summed E-state index contributed by atoms with van der Waals surface area (Å²) < 4.78 is 27.4. The Morgan fingerprint density at radius 2 is 1.83 bits per heavy atom. The molecule has 2 aliphatic heterocycles. The third-order valence-electron chi connectivity index (χ3n) is 6.92. The monoisotopic (exact) mass is 512 g/mol. The number of pyridine rings is 1. The van der Waals surface area contributed by atoms with E-state index in [4.69, 9.17) is 16.6 Å². The number of benzene rings is 2. The van der Waals surface area contributed by atoms with Crippen molar-refractivity contribution in [2.24, 2.45) is 5.92 Å². The van der Waals surface area contributed by atoms with Gasteiger partial charge in [0.1, 0.15) is 5.82 Å². The van der Waals surface area contributed by atoms with Gasteiger partial charge < -0.3 is 10.2 Å². The van der Waals surface area contributed by atoms with E-state index >= 15 is 0 Å². The predicted molar refractivity (Wildman–Crippen MR) is 139 cm³/mol. The molecular weight excluding hydrogens is 484 g/mol. The van der Waals surface area contributed by atoms with Crippen LogP contribution in [0.4, 0.5) is 11.5 Å². The van der Waals surface area contributed by atoms with Crippen LogP contribution >= 0.6 is 11.6 Å². The Kier molecular flexibility index (Phi) is 6.70. The maximum absolute atomic E-state index is 13.0. The van der Waals surface area contributed by atoms with E-state index in [0.29, 0.717) is 29.6 Å². The number of aryl methyl sites for hydroxylation is 1. The van der Waals surface area contributed by atoms with Crippen LogP contribution in [0, 0.1) is 12.8 Å². The smallest absolute Gasteiger partial charge is 0.243 e. The van der Waals surface area contributed by atoms with Crippen molar-refractivity contribution in [1.82, 2.24) is 9.29 Å². The number of carbonyl (C=O) groups is 1. The Labute approximate surface area is 211 Å². The second-order valence-corrected chi connectivity index (χ2v) is 11.7. The van der Waals surface area contributed by atoms with E-state index in [1.807, 2.05) is 31.2 Å². The second kappa shape index (κ2) is 9.76. The van der Waals surface area contributed by atoms with Crippen LogP contribution in [-0.2, 0) is 14.8 Å². The first kappa shape index (κ1) is 24.0. The number of hydrogen-bond donors (Lipinski definition) is 1. The molecule has 0 aliphatic carbocycles. The Morgan fingerprint density at radius 1 is 1.03 bits per heavy atom. The van der Waals surface area contributed by atoms with Gasteiger partial charge in [-0.15, -0.1) is 0 Å². The van der Waals surface area contributed by atoms with Gasteiger partial charge in [-0.1, -0.05) is 17.7 Å². The zero-order chi connectivity index (χ0) is 24.6. The average Bonchev–Trinajstić information content (AvgIpc) is 3.42. The molecule has 7 nitrogen and oxygen atoms in total. The lowest BCUT2D eigenvalue weighted by atomic mass is 9.96. The molecule has 1 atom stereocenters. The largest absolute Gasteiger partial charge is 0.356 e. The Morgan fingerprint density at radius 3 is 2.63 bits per heavy atom. The zero-order valence-electron chi connectivity index (χ0n) is 19.7. The number of nitrogens with zero attached hydrogens (tertiary/aromatic N) is 3. The number of hydrogen-bond acceptors (Lipinski definition) is 5. The number of carbonyl (C=O) groups excluding carboxylic acids is 1. The number of rotatable bonds is 5. The van der Waals surface area contributed by atoms with Crippen molar-refractivity contribution >= 4 is 49.9 Å². The number of anilines is 2. The number of aromatic nitrogens is 1. The lowest BCUT2D eigenvalue weighted by Crippen LogP contribution is -2.41. The molecule has 1 aromatic heterocycles. The molecule has 3 heterocycles. The van der Waals surface area contributed by atoms with E-state index < -0.39 is 10.0 Å². The van der Waals surface area contributed by atoms with Crippen LogP contribution in [0.1, 0.15) is 31.2 Å². The number of amides is 1. The summed E-state index contributed by atoms with van der Waals surface area (Å²) in [5, 5.41) is 4.41. The van der Waals surface area contributed by atoms with Gasteiger partial charge in [-0.05, 0) is 80.6 Å². The van der Waals surface area contributed by atoms with E-state index in [0.717, 1.165) is 60.2 Å². The molecule has 0 spiro atoms. The molecule has 5 rings (SSSR count). The molecule has 2 aliphatic rings. The highest BCUT2D eigenvalue weighted by Crippen LogP contribution is 2.28. The molecule has 2 saturated heterocycles. The third kappa shape index (κ3) is 5.01. The van der Waals surface area contributed by atoms with Crippen LogP contribution < -0.4 is 10.2 Å². The molecule has 1 unspecified atom stereocenters. The molecule has 2 aromatic carbocycles. The van der Waals surface area contributed by atoms with Gasteiger partial charge in [-0.2, -0.15) is 4.31 Å². The summed E-state index contributed by atoms with van der Waals surface area (Å²) in [5.41, 5.74) is 2.45. The van der Waals surface area contributed by atoms with E-state index in [9.17, 15) is 13.2 Å². The molecule has 2 fully saturated rings. The van der Waals surface area contributed by atoms with Gasteiger partial charge >= 0.3 is 0 Å². The van der Waals surface area contributed by atoms with Gasteiger partial charge in [0.25, 0.3) is 0 Å². The quantitative estimate of drug-likeness (QED) is 0.529. The highest BCUT2D eigenvalue weighted by atomic mass is 35.5. The molecule has 3 aromatic rings. The molecular formula is C26H29ClN4O3S. The van der Waals surface area contributed by atoms with Crippen LogP contribution in [-0.4, -0.2) is 49.8 Å². The number of halogens is 1. The highest BCUT2D eigenvalue weighted by Gasteiger charge is 2.29. The van der Waals surface area contributed by atoms with Crippen molar-refractivity contribution in [3.8, 4) is 0 Å². The average molecular weight is 513 g/mol. The van der Waals surface area contributed by atoms with Crippen molar-refractivity contribution in [1.29, 1.82) is 0 Å². The zero-order valence-corrected chi connectivity index (χ0v) is 21.3. The van der Waals surface area contributed by atoms with E-state index in [2.05, 4.69) is 10.2 Å². The summed E-state index contributed by atoms with van der Waals surface area (Å²) >= 11 is 6.10. The Balaban J connectivity index is 1.32. The molecule has 0 saturated carbocycles. The molecule has 1 N–H and O–H groups in total. The summed E-state index contributed by atoms with van der Waals surface area (Å²) in [5.74, 6) is 0.620. The summed E-state index contributed by atoms with van der Waals surface area (Å²) in [6, 6.07) is 14.4. The lowest BCUT2D eigenvalue weighted by molar-refractivity contribution is -0.120. The predicted octanol–water partition coefficient (Wildman–Crippen LogP) is 4.84. The number of fused-ring (bicyclic) bond motifs is 1. The fraction of sp³-hybridized carbons (Fsp3) is 0.385. The molecule has 35 heavy (non-hydrogen) atoms. The van der Waals surface area contributed by atoms with Crippen molar-refractivity contribution in [3.63, 3.8) is 0 Å².